The lowest BCUT2D eigenvalue weighted by atomic mass is 9.81. The van der Waals surface area contributed by atoms with Crippen LogP contribution in [0.1, 0.15) is 35.6 Å². The minimum atomic E-state index is 0.460. The zero-order valence-electron chi connectivity index (χ0n) is 13.2. The molecule has 0 bridgehead atoms. The quantitative estimate of drug-likeness (QED) is 0.610. The summed E-state index contributed by atoms with van der Waals surface area (Å²) < 4.78 is 0. The molecule has 0 N–H and O–H groups in total. The molecule has 1 aliphatic rings. The van der Waals surface area contributed by atoms with Gasteiger partial charge < -0.3 is 0 Å². The largest absolute Gasteiger partial charge is 0.299 e. The molecule has 22 heavy (non-hydrogen) atoms. The van der Waals surface area contributed by atoms with Crippen LogP contribution in [-0.2, 0) is 0 Å². The molecule has 3 aromatic rings. The topological polar surface area (TPSA) is 3.24 Å². The van der Waals surface area contributed by atoms with Crippen molar-refractivity contribution in [2.75, 3.05) is 13.6 Å². The molecule has 4 rings (SSSR count). The van der Waals surface area contributed by atoms with E-state index in [1.54, 1.807) is 0 Å². The highest BCUT2D eigenvalue weighted by Gasteiger charge is 2.28. The van der Waals surface area contributed by atoms with Gasteiger partial charge in [-0.05, 0) is 41.4 Å². The van der Waals surface area contributed by atoms with Gasteiger partial charge in [0.15, 0.2) is 0 Å². The Morgan fingerprint density at radius 1 is 0.818 bits per heavy atom. The third kappa shape index (κ3) is 2.13. The van der Waals surface area contributed by atoms with E-state index in [1.165, 1.54) is 27.5 Å². The summed E-state index contributed by atoms with van der Waals surface area (Å²) in [6, 6.07) is 24.9. The molecule has 0 saturated carbocycles. The smallest absolute Gasteiger partial charge is 0.0320 e. The fourth-order valence-corrected chi connectivity index (χ4v) is 3.70. The van der Waals surface area contributed by atoms with Gasteiger partial charge in [-0.15, -0.1) is 0 Å². The van der Waals surface area contributed by atoms with Crippen LogP contribution in [0, 0.1) is 0 Å². The zero-order chi connectivity index (χ0) is 15.1. The van der Waals surface area contributed by atoms with Gasteiger partial charge in [0.25, 0.3) is 0 Å². The molecule has 1 heterocycles. The van der Waals surface area contributed by atoms with Gasteiger partial charge in [-0.25, -0.2) is 0 Å². The molecule has 1 heteroatoms. The highest BCUT2D eigenvalue weighted by Crippen LogP contribution is 2.38. The molecule has 2 atom stereocenters. The highest BCUT2D eigenvalue weighted by atomic mass is 15.1. The molecular formula is C21H21N. The van der Waals surface area contributed by atoms with Gasteiger partial charge in [-0.3, -0.25) is 4.90 Å². The Hall–Kier alpha value is -2.12. The lowest BCUT2D eigenvalue weighted by Crippen LogP contribution is -2.34. The van der Waals surface area contributed by atoms with E-state index >= 15 is 0 Å². The second-order valence-electron chi connectivity index (χ2n) is 6.40. The number of fused-ring (bicyclic) bond motifs is 2. The molecule has 0 aromatic heterocycles. The van der Waals surface area contributed by atoms with Crippen LogP contribution in [0.5, 0.6) is 0 Å². The fraction of sp³-hybridized carbons (Fsp3) is 0.238. The average Bonchev–Trinajstić information content (AvgIpc) is 2.58. The zero-order valence-corrected chi connectivity index (χ0v) is 13.2. The molecule has 0 amide bonds. The summed E-state index contributed by atoms with van der Waals surface area (Å²) in [4.78, 5) is 2.46. The Labute approximate surface area is 132 Å². The second kappa shape index (κ2) is 5.26. The maximum atomic E-state index is 2.46. The SMILES string of the molecule is CC1c2ccccc2C(c2ccc3ccccc3c2)CN1C. The molecule has 1 aliphatic heterocycles. The van der Waals surface area contributed by atoms with E-state index < -0.39 is 0 Å². The number of rotatable bonds is 1. The number of benzene rings is 3. The Bertz CT molecular complexity index is 821. The molecular weight excluding hydrogens is 266 g/mol. The van der Waals surface area contributed by atoms with Crippen LogP contribution in [0.25, 0.3) is 10.8 Å². The van der Waals surface area contributed by atoms with Gasteiger partial charge in [-0.1, -0.05) is 66.7 Å². The van der Waals surface area contributed by atoms with Crippen LogP contribution in [-0.4, -0.2) is 18.5 Å². The van der Waals surface area contributed by atoms with E-state index in [0.29, 0.717) is 12.0 Å². The molecule has 0 saturated heterocycles. The molecule has 3 aromatic carbocycles. The standard InChI is InChI=1S/C21H21N/c1-15-19-9-5-6-10-20(19)21(14-22(15)2)18-12-11-16-7-3-4-8-17(16)13-18/h3-13,15,21H,14H2,1-2H3. The van der Waals surface area contributed by atoms with Crippen molar-refractivity contribution in [2.45, 2.75) is 18.9 Å². The summed E-state index contributed by atoms with van der Waals surface area (Å²) in [5.74, 6) is 0.460. The van der Waals surface area contributed by atoms with Crippen LogP contribution in [0.2, 0.25) is 0 Å². The van der Waals surface area contributed by atoms with Crippen molar-refractivity contribution < 1.29 is 0 Å². The Morgan fingerprint density at radius 2 is 1.50 bits per heavy atom. The number of likely N-dealkylation sites (N-methyl/N-ethyl adjacent to an activating group) is 1. The van der Waals surface area contributed by atoms with E-state index in [1.807, 2.05) is 0 Å². The van der Waals surface area contributed by atoms with Gasteiger partial charge in [0, 0.05) is 18.5 Å². The molecule has 1 nitrogen and oxygen atoms in total. The van der Waals surface area contributed by atoms with E-state index in [0.717, 1.165) is 6.54 Å². The third-order valence-electron chi connectivity index (χ3n) is 5.13. The van der Waals surface area contributed by atoms with Crippen LogP contribution >= 0.6 is 0 Å². The first-order chi connectivity index (χ1) is 10.7. The summed E-state index contributed by atoms with van der Waals surface area (Å²) in [5, 5.41) is 2.65. The van der Waals surface area contributed by atoms with Gasteiger partial charge in [-0.2, -0.15) is 0 Å². The Kier molecular flexibility index (Phi) is 3.24. The predicted octanol–water partition coefficient (Wildman–Crippen LogP) is 4.98. The summed E-state index contributed by atoms with van der Waals surface area (Å²) >= 11 is 0. The normalized spacial score (nSPS) is 21.7. The Morgan fingerprint density at radius 3 is 2.32 bits per heavy atom. The summed E-state index contributed by atoms with van der Waals surface area (Å²) in [7, 11) is 2.23. The minimum absolute atomic E-state index is 0.460. The predicted molar refractivity (Wildman–Crippen MR) is 93.3 cm³/mol. The first-order valence-corrected chi connectivity index (χ1v) is 8.02. The maximum Gasteiger partial charge on any atom is 0.0320 e. The van der Waals surface area contributed by atoms with Crippen molar-refractivity contribution in [3.05, 3.63) is 83.4 Å². The van der Waals surface area contributed by atoms with Crippen LogP contribution in [0.15, 0.2) is 66.7 Å². The van der Waals surface area contributed by atoms with Crippen molar-refractivity contribution in [2.24, 2.45) is 0 Å². The lowest BCUT2D eigenvalue weighted by Gasteiger charge is -2.37. The van der Waals surface area contributed by atoms with Crippen LogP contribution in [0.3, 0.4) is 0 Å². The fourth-order valence-electron chi connectivity index (χ4n) is 3.70. The molecule has 0 radical (unpaired) electrons. The minimum Gasteiger partial charge on any atom is -0.299 e. The van der Waals surface area contributed by atoms with Gasteiger partial charge in [0.2, 0.25) is 0 Å². The molecule has 0 aliphatic carbocycles. The van der Waals surface area contributed by atoms with E-state index in [9.17, 15) is 0 Å². The van der Waals surface area contributed by atoms with E-state index in [2.05, 4.69) is 85.6 Å². The first-order valence-electron chi connectivity index (χ1n) is 8.02. The molecule has 0 fully saturated rings. The average molecular weight is 287 g/mol. The monoisotopic (exact) mass is 287 g/mol. The number of hydrogen-bond acceptors (Lipinski definition) is 1. The molecule has 2 unspecified atom stereocenters. The van der Waals surface area contributed by atoms with Gasteiger partial charge in [0.1, 0.15) is 0 Å². The van der Waals surface area contributed by atoms with Crippen molar-refractivity contribution in [1.29, 1.82) is 0 Å². The van der Waals surface area contributed by atoms with Crippen molar-refractivity contribution >= 4 is 10.8 Å². The van der Waals surface area contributed by atoms with E-state index in [4.69, 9.17) is 0 Å². The summed E-state index contributed by atoms with van der Waals surface area (Å²) in [5.41, 5.74) is 4.38. The highest BCUT2D eigenvalue weighted by molar-refractivity contribution is 5.83. The maximum absolute atomic E-state index is 2.46. The van der Waals surface area contributed by atoms with Crippen LogP contribution in [0.4, 0.5) is 0 Å². The lowest BCUT2D eigenvalue weighted by molar-refractivity contribution is 0.234. The first kappa shape index (κ1) is 13.5. The van der Waals surface area contributed by atoms with Crippen molar-refractivity contribution in [1.82, 2.24) is 4.90 Å². The van der Waals surface area contributed by atoms with Crippen molar-refractivity contribution in [3.8, 4) is 0 Å². The molecule has 0 spiro atoms. The number of nitrogens with zero attached hydrogens (tertiary/aromatic N) is 1. The second-order valence-corrected chi connectivity index (χ2v) is 6.40. The van der Waals surface area contributed by atoms with Crippen molar-refractivity contribution in [3.63, 3.8) is 0 Å². The summed E-state index contributed by atoms with van der Waals surface area (Å²) in [6.07, 6.45) is 0. The Balaban J connectivity index is 1.85. The van der Waals surface area contributed by atoms with Gasteiger partial charge in [0.05, 0.1) is 0 Å². The number of hydrogen-bond donors (Lipinski definition) is 0. The third-order valence-corrected chi connectivity index (χ3v) is 5.13. The van der Waals surface area contributed by atoms with Crippen LogP contribution < -0.4 is 0 Å². The van der Waals surface area contributed by atoms with Gasteiger partial charge >= 0.3 is 0 Å². The molecule has 110 valence electrons. The summed E-state index contributed by atoms with van der Waals surface area (Å²) in [6.45, 7) is 3.38. The van der Waals surface area contributed by atoms with E-state index in [-0.39, 0.29) is 0 Å².